The number of hydrogen-bond donors (Lipinski definition) is 0. The van der Waals surface area contributed by atoms with E-state index in [1.54, 1.807) is 0 Å². The first-order valence-corrected chi connectivity index (χ1v) is 7.21. The van der Waals surface area contributed by atoms with Gasteiger partial charge in [0.1, 0.15) is 6.54 Å². The molecule has 1 saturated heterocycles. The minimum absolute atomic E-state index is 0.172. The molecule has 1 fully saturated rings. The number of carbonyl (C=O) groups excluding carboxylic acids is 1. The SMILES string of the molecule is CCc1ccc2c(ccn2CC(=O)N2CCOCC2)c1. The number of ether oxygens (including phenoxy) is 1. The first-order valence-electron chi connectivity index (χ1n) is 7.21. The first kappa shape index (κ1) is 13.2. The van der Waals surface area contributed by atoms with E-state index in [1.807, 2.05) is 15.7 Å². The molecule has 4 heteroatoms. The largest absolute Gasteiger partial charge is 0.378 e. The van der Waals surface area contributed by atoms with Gasteiger partial charge in [-0.25, -0.2) is 0 Å². The number of morpholine rings is 1. The van der Waals surface area contributed by atoms with Gasteiger partial charge >= 0.3 is 0 Å². The summed E-state index contributed by atoms with van der Waals surface area (Å²) in [4.78, 5) is 14.2. The average Bonchev–Trinajstić information content (AvgIpc) is 2.90. The number of rotatable bonds is 3. The molecule has 0 unspecified atom stereocenters. The van der Waals surface area contributed by atoms with Crippen LogP contribution in [0.3, 0.4) is 0 Å². The Balaban J connectivity index is 1.78. The van der Waals surface area contributed by atoms with Crippen molar-refractivity contribution >= 4 is 16.8 Å². The Hall–Kier alpha value is -1.81. The number of carbonyl (C=O) groups is 1. The summed E-state index contributed by atoms with van der Waals surface area (Å²) in [6, 6.07) is 8.53. The number of nitrogens with zero attached hydrogens (tertiary/aromatic N) is 2. The third-order valence-electron chi connectivity index (χ3n) is 3.91. The zero-order valence-corrected chi connectivity index (χ0v) is 11.8. The van der Waals surface area contributed by atoms with Gasteiger partial charge in [-0.2, -0.15) is 0 Å². The Morgan fingerprint density at radius 1 is 1.25 bits per heavy atom. The van der Waals surface area contributed by atoms with E-state index in [2.05, 4.69) is 31.2 Å². The minimum atomic E-state index is 0.172. The number of amides is 1. The fraction of sp³-hybridized carbons (Fsp3) is 0.438. The summed E-state index contributed by atoms with van der Waals surface area (Å²) in [5.41, 5.74) is 2.46. The predicted octanol–water partition coefficient (Wildman–Crippen LogP) is 2.06. The summed E-state index contributed by atoms with van der Waals surface area (Å²) in [6.45, 7) is 5.28. The Bertz CT molecular complexity index is 612. The van der Waals surface area contributed by atoms with Crippen LogP contribution in [-0.4, -0.2) is 41.7 Å². The zero-order valence-electron chi connectivity index (χ0n) is 11.8. The van der Waals surface area contributed by atoms with Gasteiger partial charge < -0.3 is 14.2 Å². The number of fused-ring (bicyclic) bond motifs is 1. The van der Waals surface area contributed by atoms with Crippen molar-refractivity contribution < 1.29 is 9.53 Å². The molecule has 0 atom stereocenters. The fourth-order valence-corrected chi connectivity index (χ4v) is 2.67. The summed E-state index contributed by atoms with van der Waals surface area (Å²) >= 11 is 0. The van der Waals surface area contributed by atoms with Crippen molar-refractivity contribution in [3.8, 4) is 0 Å². The molecule has 4 nitrogen and oxygen atoms in total. The van der Waals surface area contributed by atoms with Crippen LogP contribution in [0.2, 0.25) is 0 Å². The zero-order chi connectivity index (χ0) is 13.9. The second-order valence-corrected chi connectivity index (χ2v) is 5.18. The van der Waals surface area contributed by atoms with Crippen molar-refractivity contribution in [2.24, 2.45) is 0 Å². The van der Waals surface area contributed by atoms with Crippen LogP contribution in [0.5, 0.6) is 0 Å². The van der Waals surface area contributed by atoms with Crippen LogP contribution in [0, 0.1) is 0 Å². The second-order valence-electron chi connectivity index (χ2n) is 5.18. The normalized spacial score (nSPS) is 15.8. The standard InChI is InChI=1S/C16H20N2O2/c1-2-13-3-4-15-14(11-13)5-6-18(15)12-16(19)17-7-9-20-10-8-17/h3-6,11H,2,7-10,12H2,1H3. The van der Waals surface area contributed by atoms with Gasteiger partial charge in [0, 0.05) is 24.8 Å². The van der Waals surface area contributed by atoms with Crippen LogP contribution in [0.25, 0.3) is 10.9 Å². The molecule has 1 amide bonds. The molecule has 0 radical (unpaired) electrons. The number of aryl methyl sites for hydroxylation is 1. The highest BCUT2D eigenvalue weighted by atomic mass is 16.5. The maximum Gasteiger partial charge on any atom is 0.242 e. The van der Waals surface area contributed by atoms with Crippen LogP contribution in [0.15, 0.2) is 30.5 Å². The molecule has 106 valence electrons. The van der Waals surface area contributed by atoms with Crippen LogP contribution in [0.4, 0.5) is 0 Å². The molecule has 0 N–H and O–H groups in total. The second kappa shape index (κ2) is 5.67. The van der Waals surface area contributed by atoms with Gasteiger partial charge in [0.05, 0.1) is 13.2 Å². The molecule has 20 heavy (non-hydrogen) atoms. The van der Waals surface area contributed by atoms with E-state index in [0.29, 0.717) is 32.8 Å². The topological polar surface area (TPSA) is 34.5 Å². The summed E-state index contributed by atoms with van der Waals surface area (Å²) < 4.78 is 7.31. The number of aromatic nitrogens is 1. The smallest absolute Gasteiger partial charge is 0.242 e. The van der Waals surface area contributed by atoms with Crippen LogP contribution in [0.1, 0.15) is 12.5 Å². The number of benzene rings is 1. The van der Waals surface area contributed by atoms with Crippen molar-refractivity contribution in [2.75, 3.05) is 26.3 Å². The molecule has 0 spiro atoms. The van der Waals surface area contributed by atoms with E-state index >= 15 is 0 Å². The molecular weight excluding hydrogens is 252 g/mol. The summed E-state index contributed by atoms with van der Waals surface area (Å²) in [5, 5.41) is 1.21. The van der Waals surface area contributed by atoms with Crippen LogP contribution in [-0.2, 0) is 22.5 Å². The fourth-order valence-electron chi connectivity index (χ4n) is 2.67. The van der Waals surface area contributed by atoms with E-state index in [1.165, 1.54) is 10.9 Å². The van der Waals surface area contributed by atoms with Gasteiger partial charge in [-0.1, -0.05) is 13.0 Å². The molecule has 1 aliphatic rings. The molecule has 2 heterocycles. The number of hydrogen-bond acceptors (Lipinski definition) is 2. The Kier molecular flexibility index (Phi) is 3.74. The lowest BCUT2D eigenvalue weighted by Gasteiger charge is -2.27. The van der Waals surface area contributed by atoms with Gasteiger partial charge in [-0.3, -0.25) is 4.79 Å². The van der Waals surface area contributed by atoms with Crippen LogP contribution < -0.4 is 0 Å². The first-order chi connectivity index (χ1) is 9.78. The van der Waals surface area contributed by atoms with Gasteiger partial charge in [0.25, 0.3) is 0 Å². The van der Waals surface area contributed by atoms with Gasteiger partial charge in [-0.05, 0) is 35.6 Å². The molecule has 0 saturated carbocycles. The molecule has 3 rings (SSSR count). The molecular formula is C16H20N2O2. The van der Waals surface area contributed by atoms with Crippen molar-refractivity contribution in [3.63, 3.8) is 0 Å². The van der Waals surface area contributed by atoms with E-state index in [-0.39, 0.29) is 5.91 Å². The molecule has 0 bridgehead atoms. The lowest BCUT2D eigenvalue weighted by molar-refractivity contribution is -0.135. The van der Waals surface area contributed by atoms with E-state index < -0.39 is 0 Å². The Morgan fingerprint density at radius 3 is 2.80 bits per heavy atom. The van der Waals surface area contributed by atoms with Crippen molar-refractivity contribution in [2.45, 2.75) is 19.9 Å². The minimum Gasteiger partial charge on any atom is -0.378 e. The Labute approximate surface area is 118 Å². The van der Waals surface area contributed by atoms with E-state index in [9.17, 15) is 4.79 Å². The maximum absolute atomic E-state index is 12.3. The summed E-state index contributed by atoms with van der Waals surface area (Å²) in [5.74, 6) is 0.172. The third-order valence-corrected chi connectivity index (χ3v) is 3.91. The monoisotopic (exact) mass is 272 g/mol. The predicted molar refractivity (Wildman–Crippen MR) is 78.7 cm³/mol. The van der Waals surface area contributed by atoms with Crippen molar-refractivity contribution in [1.29, 1.82) is 0 Å². The molecule has 1 aromatic heterocycles. The van der Waals surface area contributed by atoms with Crippen LogP contribution >= 0.6 is 0 Å². The van der Waals surface area contributed by atoms with Crippen molar-refractivity contribution in [3.05, 3.63) is 36.0 Å². The third kappa shape index (κ3) is 2.56. The Morgan fingerprint density at radius 2 is 2.05 bits per heavy atom. The molecule has 1 aromatic carbocycles. The van der Waals surface area contributed by atoms with Gasteiger partial charge in [0.15, 0.2) is 0 Å². The highest BCUT2D eigenvalue weighted by molar-refractivity contribution is 5.84. The lowest BCUT2D eigenvalue weighted by Crippen LogP contribution is -2.42. The lowest BCUT2D eigenvalue weighted by atomic mass is 10.1. The molecule has 1 aliphatic heterocycles. The van der Waals surface area contributed by atoms with Crippen molar-refractivity contribution in [1.82, 2.24) is 9.47 Å². The van der Waals surface area contributed by atoms with Gasteiger partial charge in [0.2, 0.25) is 5.91 Å². The van der Waals surface area contributed by atoms with E-state index in [0.717, 1.165) is 11.9 Å². The summed E-state index contributed by atoms with van der Waals surface area (Å²) in [7, 11) is 0. The molecule has 0 aliphatic carbocycles. The van der Waals surface area contributed by atoms with E-state index in [4.69, 9.17) is 4.74 Å². The van der Waals surface area contributed by atoms with Gasteiger partial charge in [-0.15, -0.1) is 0 Å². The summed E-state index contributed by atoms with van der Waals surface area (Å²) in [6.07, 6.45) is 3.04. The average molecular weight is 272 g/mol. The quantitative estimate of drug-likeness (QED) is 0.857. The maximum atomic E-state index is 12.3. The highest BCUT2D eigenvalue weighted by Gasteiger charge is 2.17. The highest BCUT2D eigenvalue weighted by Crippen LogP contribution is 2.18. The molecule has 2 aromatic rings.